The zero-order valence-electron chi connectivity index (χ0n) is 14.3. The SMILES string of the molecule is CC(C)NC(=O)N1CCN([C@H]2CCCN(C(C)C)C2=O)CC1. The zero-order valence-corrected chi connectivity index (χ0v) is 14.3. The summed E-state index contributed by atoms with van der Waals surface area (Å²) in [6.07, 6.45) is 2.02. The highest BCUT2D eigenvalue weighted by Gasteiger charge is 2.36. The maximum absolute atomic E-state index is 12.6. The summed E-state index contributed by atoms with van der Waals surface area (Å²) in [5, 5.41) is 2.93. The molecule has 0 saturated carbocycles. The summed E-state index contributed by atoms with van der Waals surface area (Å²) in [6, 6.07) is 0.443. The third-order valence-corrected chi connectivity index (χ3v) is 4.52. The Morgan fingerprint density at radius 1 is 1.09 bits per heavy atom. The first-order chi connectivity index (χ1) is 10.4. The number of carbonyl (C=O) groups excluding carboxylic acids is 2. The van der Waals surface area contributed by atoms with Crippen LogP contribution in [0.2, 0.25) is 0 Å². The lowest BCUT2D eigenvalue weighted by molar-refractivity contribution is -0.142. The molecule has 0 unspecified atom stereocenters. The number of piperidine rings is 1. The zero-order chi connectivity index (χ0) is 16.3. The molecular formula is C16H30N4O2. The molecule has 22 heavy (non-hydrogen) atoms. The highest BCUT2D eigenvalue weighted by molar-refractivity contribution is 5.83. The molecule has 2 heterocycles. The van der Waals surface area contributed by atoms with Crippen LogP contribution < -0.4 is 5.32 Å². The van der Waals surface area contributed by atoms with Gasteiger partial charge in [-0.3, -0.25) is 9.69 Å². The van der Waals surface area contributed by atoms with Crippen LogP contribution in [0.1, 0.15) is 40.5 Å². The first-order valence-corrected chi connectivity index (χ1v) is 8.50. The third-order valence-electron chi connectivity index (χ3n) is 4.52. The van der Waals surface area contributed by atoms with Crippen molar-refractivity contribution < 1.29 is 9.59 Å². The van der Waals surface area contributed by atoms with Gasteiger partial charge >= 0.3 is 6.03 Å². The molecule has 0 spiro atoms. The number of nitrogens with one attached hydrogen (secondary N) is 1. The van der Waals surface area contributed by atoms with Gasteiger partial charge in [0.15, 0.2) is 0 Å². The summed E-state index contributed by atoms with van der Waals surface area (Å²) in [6.45, 7) is 11.9. The van der Waals surface area contributed by atoms with Gasteiger partial charge in [-0.25, -0.2) is 4.79 Å². The van der Waals surface area contributed by atoms with Crippen molar-refractivity contribution in [2.24, 2.45) is 0 Å². The topological polar surface area (TPSA) is 55.9 Å². The largest absolute Gasteiger partial charge is 0.339 e. The number of hydrogen-bond donors (Lipinski definition) is 1. The van der Waals surface area contributed by atoms with E-state index in [2.05, 4.69) is 24.1 Å². The lowest BCUT2D eigenvalue weighted by atomic mass is 10.0. The fraction of sp³-hybridized carbons (Fsp3) is 0.875. The van der Waals surface area contributed by atoms with Crippen LogP contribution in [-0.4, -0.2) is 77.5 Å². The van der Waals surface area contributed by atoms with Crippen molar-refractivity contribution in [3.63, 3.8) is 0 Å². The predicted molar refractivity (Wildman–Crippen MR) is 86.7 cm³/mol. The molecule has 0 radical (unpaired) electrons. The number of carbonyl (C=O) groups is 2. The second kappa shape index (κ2) is 7.31. The van der Waals surface area contributed by atoms with Crippen LogP contribution in [0.5, 0.6) is 0 Å². The fourth-order valence-corrected chi connectivity index (χ4v) is 3.31. The molecule has 6 heteroatoms. The van der Waals surface area contributed by atoms with E-state index in [1.54, 1.807) is 0 Å². The molecular weight excluding hydrogens is 280 g/mol. The van der Waals surface area contributed by atoms with Crippen LogP contribution >= 0.6 is 0 Å². The van der Waals surface area contributed by atoms with Crippen molar-refractivity contribution in [2.45, 2.75) is 58.7 Å². The molecule has 0 aromatic heterocycles. The van der Waals surface area contributed by atoms with Gasteiger partial charge in [-0.05, 0) is 40.5 Å². The second-order valence-electron chi connectivity index (χ2n) is 6.91. The van der Waals surface area contributed by atoms with Gasteiger partial charge in [-0.2, -0.15) is 0 Å². The van der Waals surface area contributed by atoms with Crippen molar-refractivity contribution in [1.29, 1.82) is 0 Å². The van der Waals surface area contributed by atoms with E-state index in [1.807, 2.05) is 23.6 Å². The summed E-state index contributed by atoms with van der Waals surface area (Å²) < 4.78 is 0. The van der Waals surface area contributed by atoms with Crippen LogP contribution in [-0.2, 0) is 4.79 Å². The van der Waals surface area contributed by atoms with Crippen molar-refractivity contribution in [1.82, 2.24) is 20.0 Å². The molecule has 2 aliphatic rings. The molecule has 0 aliphatic carbocycles. The molecule has 126 valence electrons. The first kappa shape index (κ1) is 17.1. The highest BCUT2D eigenvalue weighted by atomic mass is 16.2. The minimum absolute atomic E-state index is 0.00598. The van der Waals surface area contributed by atoms with E-state index in [0.29, 0.717) is 13.1 Å². The monoisotopic (exact) mass is 310 g/mol. The third kappa shape index (κ3) is 3.91. The quantitative estimate of drug-likeness (QED) is 0.850. The molecule has 2 aliphatic heterocycles. The second-order valence-corrected chi connectivity index (χ2v) is 6.91. The van der Waals surface area contributed by atoms with E-state index in [0.717, 1.165) is 32.5 Å². The van der Waals surface area contributed by atoms with Gasteiger partial charge in [0.2, 0.25) is 5.91 Å². The molecule has 0 aromatic rings. The Balaban J connectivity index is 1.88. The first-order valence-electron chi connectivity index (χ1n) is 8.50. The minimum Gasteiger partial charge on any atom is -0.339 e. The minimum atomic E-state index is 0.00598. The normalized spacial score (nSPS) is 24.3. The van der Waals surface area contributed by atoms with Gasteiger partial charge in [0.1, 0.15) is 0 Å². The van der Waals surface area contributed by atoms with Crippen molar-refractivity contribution in [3.05, 3.63) is 0 Å². The van der Waals surface area contributed by atoms with Gasteiger partial charge < -0.3 is 15.1 Å². The van der Waals surface area contributed by atoms with Gasteiger partial charge in [-0.1, -0.05) is 0 Å². The molecule has 3 amide bonds. The van der Waals surface area contributed by atoms with Crippen LogP contribution in [0.15, 0.2) is 0 Å². The Kier molecular flexibility index (Phi) is 5.67. The smallest absolute Gasteiger partial charge is 0.317 e. The number of hydrogen-bond acceptors (Lipinski definition) is 3. The van der Waals surface area contributed by atoms with Crippen LogP contribution in [0.3, 0.4) is 0 Å². The van der Waals surface area contributed by atoms with Crippen LogP contribution in [0.25, 0.3) is 0 Å². The van der Waals surface area contributed by atoms with E-state index < -0.39 is 0 Å². The average Bonchev–Trinajstić information content (AvgIpc) is 2.46. The molecule has 1 atom stereocenters. The van der Waals surface area contributed by atoms with Crippen LogP contribution in [0, 0.1) is 0 Å². The van der Waals surface area contributed by atoms with Crippen molar-refractivity contribution in [3.8, 4) is 0 Å². The lowest BCUT2D eigenvalue weighted by Gasteiger charge is -2.43. The summed E-state index contributed by atoms with van der Waals surface area (Å²) >= 11 is 0. The molecule has 2 rings (SSSR count). The molecule has 0 bridgehead atoms. The predicted octanol–water partition coefficient (Wildman–Crippen LogP) is 1.12. The summed E-state index contributed by atoms with van der Waals surface area (Å²) in [4.78, 5) is 30.7. The maximum atomic E-state index is 12.6. The van der Waals surface area contributed by atoms with E-state index >= 15 is 0 Å². The Hall–Kier alpha value is -1.30. The van der Waals surface area contributed by atoms with Gasteiger partial charge in [0.25, 0.3) is 0 Å². The van der Waals surface area contributed by atoms with Gasteiger partial charge in [0, 0.05) is 44.8 Å². The van der Waals surface area contributed by atoms with E-state index in [-0.39, 0.29) is 30.1 Å². The van der Waals surface area contributed by atoms with E-state index in [9.17, 15) is 9.59 Å². The summed E-state index contributed by atoms with van der Waals surface area (Å²) in [5.74, 6) is 0.265. The van der Waals surface area contributed by atoms with Crippen molar-refractivity contribution in [2.75, 3.05) is 32.7 Å². The maximum Gasteiger partial charge on any atom is 0.317 e. The number of urea groups is 1. The Morgan fingerprint density at radius 3 is 2.27 bits per heavy atom. The Labute approximate surface area is 133 Å². The van der Waals surface area contributed by atoms with Crippen LogP contribution in [0.4, 0.5) is 4.79 Å². The number of rotatable bonds is 3. The summed E-state index contributed by atoms with van der Waals surface area (Å²) in [7, 11) is 0. The molecule has 0 aromatic carbocycles. The van der Waals surface area contributed by atoms with Crippen molar-refractivity contribution >= 4 is 11.9 Å². The Bertz CT molecular complexity index is 403. The molecule has 1 N–H and O–H groups in total. The van der Waals surface area contributed by atoms with E-state index in [4.69, 9.17) is 0 Å². The number of likely N-dealkylation sites (tertiary alicyclic amines) is 1. The van der Waals surface area contributed by atoms with Gasteiger partial charge in [-0.15, -0.1) is 0 Å². The number of nitrogens with zero attached hydrogens (tertiary/aromatic N) is 3. The number of amides is 3. The van der Waals surface area contributed by atoms with Gasteiger partial charge in [0.05, 0.1) is 6.04 Å². The molecule has 6 nitrogen and oxygen atoms in total. The lowest BCUT2D eigenvalue weighted by Crippen LogP contribution is -2.60. The molecule has 2 fully saturated rings. The number of piperazine rings is 1. The Morgan fingerprint density at radius 2 is 1.73 bits per heavy atom. The highest BCUT2D eigenvalue weighted by Crippen LogP contribution is 2.20. The standard InChI is InChI=1S/C16H30N4O2/c1-12(2)17-16(22)19-10-8-18(9-11-19)14-6-5-7-20(13(3)4)15(14)21/h12-14H,5-11H2,1-4H3,(H,17,22)/t14-/m0/s1. The fourth-order valence-electron chi connectivity index (χ4n) is 3.31. The summed E-state index contributed by atoms with van der Waals surface area (Å²) in [5.41, 5.74) is 0. The average molecular weight is 310 g/mol. The molecule has 2 saturated heterocycles. The van der Waals surface area contributed by atoms with E-state index in [1.165, 1.54) is 0 Å².